The Bertz CT molecular complexity index is 442. The average molecular weight is 383 g/mol. The van der Waals surface area contributed by atoms with Crippen LogP contribution in [-0.4, -0.2) is 18.0 Å². The highest BCUT2D eigenvalue weighted by Crippen LogP contribution is 2.10. The van der Waals surface area contributed by atoms with Crippen molar-refractivity contribution in [2.75, 3.05) is 6.54 Å². The molecule has 1 aromatic carbocycles. The lowest BCUT2D eigenvalue weighted by atomic mass is 10.1. The second-order valence-electron chi connectivity index (χ2n) is 5.13. The lowest BCUT2D eigenvalue weighted by molar-refractivity contribution is 0.508. The number of aliphatic imine (C=N–C) groups is 1. The van der Waals surface area contributed by atoms with Crippen LogP contribution >= 0.6 is 24.0 Å². The van der Waals surface area contributed by atoms with Crippen molar-refractivity contribution in [3.63, 3.8) is 0 Å². The third-order valence-corrected chi connectivity index (χ3v) is 2.17. The van der Waals surface area contributed by atoms with Crippen LogP contribution in [0.2, 0.25) is 0 Å². The van der Waals surface area contributed by atoms with Crippen LogP contribution in [0, 0.1) is 11.6 Å². The summed E-state index contributed by atoms with van der Waals surface area (Å²) in [5.41, 5.74) is 5.80. The molecule has 0 aliphatic carbocycles. The zero-order valence-corrected chi connectivity index (χ0v) is 13.7. The van der Waals surface area contributed by atoms with Crippen LogP contribution in [0.15, 0.2) is 23.2 Å². The van der Waals surface area contributed by atoms with Crippen molar-refractivity contribution in [1.82, 2.24) is 5.32 Å². The SMILES string of the molecule is CC(C)(C)NC(N)=NCCc1cc(F)ccc1F.I. The Morgan fingerprint density at radius 2 is 1.95 bits per heavy atom. The Morgan fingerprint density at radius 3 is 2.53 bits per heavy atom. The van der Waals surface area contributed by atoms with E-state index >= 15 is 0 Å². The van der Waals surface area contributed by atoms with Crippen LogP contribution < -0.4 is 11.1 Å². The Kier molecular flexibility index (Phi) is 7.25. The van der Waals surface area contributed by atoms with Gasteiger partial charge >= 0.3 is 0 Å². The van der Waals surface area contributed by atoms with Gasteiger partial charge in [-0.2, -0.15) is 0 Å². The maximum atomic E-state index is 13.3. The quantitative estimate of drug-likeness (QED) is 0.479. The van der Waals surface area contributed by atoms with E-state index in [-0.39, 0.29) is 29.5 Å². The number of halogens is 3. The third-order valence-electron chi connectivity index (χ3n) is 2.17. The van der Waals surface area contributed by atoms with Crippen LogP contribution in [0.1, 0.15) is 26.3 Å². The molecule has 0 saturated carbocycles. The van der Waals surface area contributed by atoms with Gasteiger partial charge in [-0.05, 0) is 51.0 Å². The Hall–Kier alpha value is -0.920. The number of guanidine groups is 1. The fraction of sp³-hybridized carbons (Fsp3) is 0.462. The first-order valence-electron chi connectivity index (χ1n) is 5.80. The number of hydrogen-bond donors (Lipinski definition) is 2. The fourth-order valence-corrected chi connectivity index (χ4v) is 1.46. The number of nitrogens with two attached hydrogens (primary N) is 1. The largest absolute Gasteiger partial charge is 0.370 e. The molecule has 0 saturated heterocycles. The summed E-state index contributed by atoms with van der Waals surface area (Å²) in [5.74, 6) is -0.565. The van der Waals surface area contributed by atoms with E-state index in [1.54, 1.807) is 0 Å². The van der Waals surface area contributed by atoms with Crippen molar-refractivity contribution in [2.24, 2.45) is 10.7 Å². The molecule has 1 rings (SSSR count). The normalized spacial score (nSPS) is 11.9. The van der Waals surface area contributed by atoms with E-state index in [0.29, 0.717) is 24.5 Å². The van der Waals surface area contributed by atoms with Crippen LogP contribution in [0.3, 0.4) is 0 Å². The first-order valence-corrected chi connectivity index (χ1v) is 5.80. The highest BCUT2D eigenvalue weighted by atomic mass is 127. The molecule has 0 aromatic heterocycles. The minimum atomic E-state index is -0.448. The molecule has 0 heterocycles. The molecule has 0 amide bonds. The smallest absolute Gasteiger partial charge is 0.188 e. The van der Waals surface area contributed by atoms with Crippen LogP contribution in [0.4, 0.5) is 8.78 Å². The van der Waals surface area contributed by atoms with E-state index in [9.17, 15) is 8.78 Å². The first kappa shape index (κ1) is 18.1. The van der Waals surface area contributed by atoms with Crippen LogP contribution in [0.25, 0.3) is 0 Å². The Balaban J connectivity index is 0.00000324. The number of hydrogen-bond acceptors (Lipinski definition) is 1. The summed E-state index contributed by atoms with van der Waals surface area (Å²) in [6.45, 7) is 6.19. The van der Waals surface area contributed by atoms with Gasteiger partial charge in [0, 0.05) is 12.1 Å². The third kappa shape index (κ3) is 7.29. The molecule has 0 spiro atoms. The van der Waals surface area contributed by atoms with Crippen molar-refractivity contribution in [1.29, 1.82) is 0 Å². The van der Waals surface area contributed by atoms with E-state index in [0.717, 1.165) is 12.1 Å². The minimum Gasteiger partial charge on any atom is -0.370 e. The molecule has 3 N–H and O–H groups in total. The summed E-state index contributed by atoms with van der Waals surface area (Å²) in [5, 5.41) is 2.99. The van der Waals surface area contributed by atoms with E-state index in [1.165, 1.54) is 6.07 Å². The van der Waals surface area contributed by atoms with E-state index < -0.39 is 11.6 Å². The molecule has 0 radical (unpaired) electrons. The van der Waals surface area contributed by atoms with E-state index in [1.807, 2.05) is 20.8 Å². The molecule has 0 fully saturated rings. The van der Waals surface area contributed by atoms with Gasteiger partial charge in [0.25, 0.3) is 0 Å². The van der Waals surface area contributed by atoms with Crippen molar-refractivity contribution in [3.8, 4) is 0 Å². The fourth-order valence-electron chi connectivity index (χ4n) is 1.46. The van der Waals surface area contributed by atoms with Gasteiger partial charge in [-0.1, -0.05) is 0 Å². The van der Waals surface area contributed by atoms with Crippen LogP contribution in [-0.2, 0) is 6.42 Å². The second-order valence-corrected chi connectivity index (χ2v) is 5.13. The summed E-state index contributed by atoms with van der Waals surface area (Å²) < 4.78 is 26.2. The molecule has 19 heavy (non-hydrogen) atoms. The van der Waals surface area contributed by atoms with Crippen molar-refractivity contribution in [3.05, 3.63) is 35.4 Å². The molecule has 0 atom stereocenters. The first-order chi connectivity index (χ1) is 8.28. The van der Waals surface area contributed by atoms with Gasteiger partial charge in [-0.25, -0.2) is 8.78 Å². The van der Waals surface area contributed by atoms with Gasteiger partial charge in [-0.3, -0.25) is 4.99 Å². The molecular weight excluding hydrogens is 363 g/mol. The predicted octanol–water partition coefficient (Wildman–Crippen LogP) is 2.83. The predicted molar refractivity (Wildman–Crippen MR) is 84.9 cm³/mol. The molecular formula is C13H20F2IN3. The highest BCUT2D eigenvalue weighted by molar-refractivity contribution is 14.0. The molecule has 1 aromatic rings. The summed E-state index contributed by atoms with van der Waals surface area (Å²) in [6.07, 6.45) is 0.316. The Labute approximate surface area is 129 Å². The second kappa shape index (κ2) is 7.62. The molecule has 0 unspecified atom stereocenters. The van der Waals surface area contributed by atoms with Crippen molar-refractivity contribution < 1.29 is 8.78 Å². The molecule has 0 aliphatic heterocycles. The maximum absolute atomic E-state index is 13.3. The van der Waals surface area contributed by atoms with E-state index in [2.05, 4.69) is 10.3 Å². The summed E-state index contributed by atoms with van der Waals surface area (Å²) >= 11 is 0. The number of nitrogens with zero attached hydrogens (tertiary/aromatic N) is 1. The van der Waals surface area contributed by atoms with Crippen LogP contribution in [0.5, 0.6) is 0 Å². The topological polar surface area (TPSA) is 50.4 Å². The molecule has 0 aliphatic rings. The van der Waals surface area contributed by atoms with Gasteiger partial charge in [-0.15, -0.1) is 24.0 Å². The standard InChI is InChI=1S/C13H19F2N3.HI/c1-13(2,3)18-12(16)17-7-6-9-8-10(14)4-5-11(9)15;/h4-5,8H,6-7H2,1-3H3,(H3,16,17,18);1H. The van der Waals surface area contributed by atoms with Crippen molar-refractivity contribution >= 4 is 29.9 Å². The lowest BCUT2D eigenvalue weighted by Gasteiger charge is -2.20. The maximum Gasteiger partial charge on any atom is 0.188 e. The molecule has 3 nitrogen and oxygen atoms in total. The zero-order chi connectivity index (χ0) is 13.8. The molecule has 0 bridgehead atoms. The van der Waals surface area contributed by atoms with Crippen molar-refractivity contribution in [2.45, 2.75) is 32.7 Å². The summed E-state index contributed by atoms with van der Waals surface area (Å²) in [4.78, 5) is 4.07. The highest BCUT2D eigenvalue weighted by Gasteiger charge is 2.09. The zero-order valence-electron chi connectivity index (χ0n) is 11.3. The van der Waals surface area contributed by atoms with Gasteiger partial charge in [0.2, 0.25) is 0 Å². The van der Waals surface area contributed by atoms with Gasteiger partial charge in [0.05, 0.1) is 0 Å². The summed E-state index contributed by atoms with van der Waals surface area (Å²) in [6, 6.07) is 3.39. The van der Waals surface area contributed by atoms with E-state index in [4.69, 9.17) is 5.73 Å². The minimum absolute atomic E-state index is 0. The molecule has 108 valence electrons. The lowest BCUT2D eigenvalue weighted by Crippen LogP contribution is -2.45. The van der Waals surface area contributed by atoms with Gasteiger partial charge in [0.15, 0.2) is 5.96 Å². The molecule has 6 heteroatoms. The van der Waals surface area contributed by atoms with Gasteiger partial charge in [0.1, 0.15) is 11.6 Å². The summed E-state index contributed by atoms with van der Waals surface area (Å²) in [7, 11) is 0. The van der Waals surface area contributed by atoms with Gasteiger partial charge < -0.3 is 11.1 Å². The number of benzene rings is 1. The number of rotatable bonds is 3. The monoisotopic (exact) mass is 383 g/mol. The number of nitrogens with one attached hydrogen (secondary N) is 1. The Morgan fingerprint density at radius 1 is 1.32 bits per heavy atom. The average Bonchev–Trinajstić information content (AvgIpc) is 2.20.